The second-order valence-corrected chi connectivity index (χ2v) is 12.8. The van der Waals surface area contributed by atoms with Crippen LogP contribution >= 0.6 is 0 Å². The first kappa shape index (κ1) is 23.7. The lowest BCUT2D eigenvalue weighted by Gasteiger charge is -2.60. The van der Waals surface area contributed by atoms with E-state index in [9.17, 15) is 14.4 Å². The van der Waals surface area contributed by atoms with Crippen molar-refractivity contribution in [3.8, 4) is 0 Å². The predicted molar refractivity (Wildman–Crippen MR) is 118 cm³/mol. The summed E-state index contributed by atoms with van der Waals surface area (Å²) in [5.74, 6) is -1.46. The Morgan fingerprint density at radius 3 is 2.37 bits per heavy atom. The fraction of sp³-hybridized carbons (Fsp3) is 0.885. The monoisotopic (exact) mass is 492 g/mol. The fourth-order valence-corrected chi connectivity index (χ4v) is 7.59. The number of esters is 3. The van der Waals surface area contributed by atoms with Gasteiger partial charge < -0.3 is 28.4 Å². The molecule has 194 valence electrons. The molecule has 0 N–H and O–H groups in total. The molecule has 0 spiro atoms. The Morgan fingerprint density at radius 1 is 1.03 bits per heavy atom. The summed E-state index contributed by atoms with van der Waals surface area (Å²) in [7, 11) is 0. The molecular weight excluding hydrogens is 456 g/mol. The maximum Gasteiger partial charge on any atom is 0.350 e. The highest BCUT2D eigenvalue weighted by Crippen LogP contribution is 2.63. The molecule has 9 heteroatoms. The van der Waals surface area contributed by atoms with Gasteiger partial charge in [-0.3, -0.25) is 9.59 Å². The van der Waals surface area contributed by atoms with E-state index in [4.69, 9.17) is 28.4 Å². The third-order valence-corrected chi connectivity index (χ3v) is 9.23. The molecule has 0 radical (unpaired) electrons. The van der Waals surface area contributed by atoms with Crippen molar-refractivity contribution in [3.63, 3.8) is 0 Å². The van der Waals surface area contributed by atoms with Gasteiger partial charge in [0.15, 0.2) is 24.3 Å². The average molecular weight is 493 g/mol. The van der Waals surface area contributed by atoms with E-state index in [0.29, 0.717) is 37.5 Å². The molecule has 7 aliphatic rings. The zero-order valence-electron chi connectivity index (χ0n) is 21.2. The van der Waals surface area contributed by atoms with Crippen LogP contribution in [-0.4, -0.2) is 60.0 Å². The fourth-order valence-electron chi connectivity index (χ4n) is 7.59. The van der Waals surface area contributed by atoms with Crippen LogP contribution in [0, 0.1) is 22.7 Å². The molecule has 3 heterocycles. The molecule has 0 amide bonds. The largest absolute Gasteiger partial charge is 0.459 e. The highest BCUT2D eigenvalue weighted by molar-refractivity contribution is 5.85. The van der Waals surface area contributed by atoms with E-state index < -0.39 is 64.9 Å². The first-order valence-corrected chi connectivity index (χ1v) is 13.0. The van der Waals surface area contributed by atoms with Crippen molar-refractivity contribution >= 4 is 17.9 Å². The maximum absolute atomic E-state index is 13.7. The quantitative estimate of drug-likeness (QED) is 0.423. The van der Waals surface area contributed by atoms with E-state index in [1.165, 1.54) is 0 Å². The predicted octanol–water partition coefficient (Wildman–Crippen LogP) is 3.02. The summed E-state index contributed by atoms with van der Waals surface area (Å²) >= 11 is 0. The van der Waals surface area contributed by atoms with Crippen molar-refractivity contribution in [2.24, 2.45) is 22.7 Å². The van der Waals surface area contributed by atoms with Crippen LogP contribution in [-0.2, 0) is 42.8 Å². The number of carbonyl (C=O) groups is 3. The van der Waals surface area contributed by atoms with Gasteiger partial charge in [-0.2, -0.15) is 0 Å². The van der Waals surface area contributed by atoms with Gasteiger partial charge in [-0.05, 0) is 78.1 Å². The number of ether oxygens (including phenoxy) is 6. The maximum atomic E-state index is 13.7. The third-order valence-electron chi connectivity index (χ3n) is 9.23. The highest BCUT2D eigenvalue weighted by Gasteiger charge is 2.67. The van der Waals surface area contributed by atoms with Crippen LogP contribution < -0.4 is 0 Å². The van der Waals surface area contributed by atoms with Gasteiger partial charge in [0.25, 0.3) is 0 Å². The molecule has 7 rings (SSSR count). The second kappa shape index (κ2) is 7.42. The minimum atomic E-state index is -1.15. The molecule has 4 aliphatic carbocycles. The van der Waals surface area contributed by atoms with Crippen molar-refractivity contribution in [2.75, 3.05) is 0 Å². The molecule has 0 aromatic carbocycles. The van der Waals surface area contributed by atoms with Crippen LogP contribution in [0.1, 0.15) is 79.6 Å². The molecule has 4 saturated carbocycles. The number of rotatable bonds is 5. The second-order valence-electron chi connectivity index (χ2n) is 12.8. The van der Waals surface area contributed by atoms with Crippen LogP contribution in [0.5, 0.6) is 0 Å². The molecule has 7 fully saturated rings. The molecule has 9 nitrogen and oxygen atoms in total. The van der Waals surface area contributed by atoms with Gasteiger partial charge in [0.1, 0.15) is 11.7 Å². The summed E-state index contributed by atoms with van der Waals surface area (Å²) < 4.78 is 35.2. The summed E-state index contributed by atoms with van der Waals surface area (Å²) in [5, 5.41) is 0. The van der Waals surface area contributed by atoms with Gasteiger partial charge in [0, 0.05) is 6.42 Å². The van der Waals surface area contributed by atoms with E-state index in [2.05, 4.69) is 0 Å². The Labute approximate surface area is 205 Å². The smallest absolute Gasteiger partial charge is 0.350 e. The molecule has 3 saturated heterocycles. The first-order valence-electron chi connectivity index (χ1n) is 13.0. The van der Waals surface area contributed by atoms with E-state index in [0.717, 1.165) is 19.3 Å². The zero-order valence-corrected chi connectivity index (χ0v) is 21.2. The van der Waals surface area contributed by atoms with Crippen LogP contribution in [0.3, 0.4) is 0 Å². The van der Waals surface area contributed by atoms with Gasteiger partial charge in [0.05, 0.1) is 10.8 Å². The number of hydrogen-bond donors (Lipinski definition) is 0. The minimum Gasteiger partial charge on any atom is -0.459 e. The Bertz CT molecular complexity index is 940. The van der Waals surface area contributed by atoms with E-state index >= 15 is 0 Å². The van der Waals surface area contributed by atoms with Crippen LogP contribution in [0.25, 0.3) is 0 Å². The lowest BCUT2D eigenvalue weighted by molar-refractivity contribution is -0.227. The van der Waals surface area contributed by atoms with Gasteiger partial charge in [-0.25, -0.2) is 4.79 Å². The summed E-state index contributed by atoms with van der Waals surface area (Å²) in [4.78, 5) is 39.4. The average Bonchev–Trinajstić information content (AvgIpc) is 3.33. The third kappa shape index (κ3) is 3.63. The van der Waals surface area contributed by atoms with E-state index in [1.807, 2.05) is 20.8 Å². The first-order chi connectivity index (χ1) is 16.3. The van der Waals surface area contributed by atoms with Crippen molar-refractivity contribution in [1.82, 2.24) is 0 Å². The Kier molecular flexibility index (Phi) is 5.02. The molecule has 35 heavy (non-hydrogen) atoms. The molecule has 7 atom stereocenters. The number of fused-ring (bicyclic) bond motifs is 3. The Morgan fingerprint density at radius 2 is 1.71 bits per heavy atom. The van der Waals surface area contributed by atoms with Crippen molar-refractivity contribution in [1.29, 1.82) is 0 Å². The Balaban J connectivity index is 1.19. The highest BCUT2D eigenvalue weighted by atomic mass is 16.9. The van der Waals surface area contributed by atoms with Gasteiger partial charge >= 0.3 is 17.9 Å². The standard InChI is InChI=1S/C26H36O9/c1-6-23(2,3)21(28)35-26-10-13-7-14(11-26)9-25(8-13,12-26)22(29)32-17-15-16(30-19(17)27)18-20(31-15)34-24(4,5)33-18/h13-18,20H,6-12H2,1-5H3. The van der Waals surface area contributed by atoms with Gasteiger partial charge in [-0.15, -0.1) is 0 Å². The summed E-state index contributed by atoms with van der Waals surface area (Å²) in [5.41, 5.74) is -1.97. The summed E-state index contributed by atoms with van der Waals surface area (Å²) in [6.45, 7) is 9.32. The molecule has 7 unspecified atom stereocenters. The van der Waals surface area contributed by atoms with Crippen molar-refractivity contribution in [2.45, 2.75) is 122 Å². The molecule has 0 aromatic rings. The number of carbonyl (C=O) groups excluding carboxylic acids is 3. The van der Waals surface area contributed by atoms with Crippen LogP contribution in [0.4, 0.5) is 0 Å². The van der Waals surface area contributed by atoms with Gasteiger partial charge in [0.2, 0.25) is 6.10 Å². The molecular formula is C26H36O9. The zero-order chi connectivity index (χ0) is 25.0. The lowest BCUT2D eigenvalue weighted by atomic mass is 9.48. The number of hydrogen-bond acceptors (Lipinski definition) is 9. The SMILES string of the molecule is CCC(C)(C)C(=O)OC12CC3CC(C1)CC(C(=O)OC1C(=O)OC4C5OC(C)(C)OC5OC14)(C3)C2. The summed E-state index contributed by atoms with van der Waals surface area (Å²) in [6, 6.07) is 0. The topological polar surface area (TPSA) is 107 Å². The molecule has 0 aromatic heterocycles. The molecule has 4 bridgehead atoms. The van der Waals surface area contributed by atoms with Crippen molar-refractivity contribution < 1.29 is 42.8 Å². The summed E-state index contributed by atoms with van der Waals surface area (Å²) in [6.07, 6.45) is 1.33. The van der Waals surface area contributed by atoms with E-state index in [-0.39, 0.29) is 5.97 Å². The van der Waals surface area contributed by atoms with Crippen LogP contribution in [0.2, 0.25) is 0 Å². The van der Waals surface area contributed by atoms with E-state index in [1.54, 1.807) is 13.8 Å². The lowest BCUT2D eigenvalue weighted by Crippen LogP contribution is -2.61. The normalized spacial score (nSPS) is 46.8. The van der Waals surface area contributed by atoms with Crippen molar-refractivity contribution in [3.05, 3.63) is 0 Å². The Hall–Kier alpha value is -1.71. The van der Waals surface area contributed by atoms with Crippen LogP contribution in [0.15, 0.2) is 0 Å². The van der Waals surface area contributed by atoms with Gasteiger partial charge in [-0.1, -0.05) is 6.92 Å². The minimum absolute atomic E-state index is 0.207. The molecule has 3 aliphatic heterocycles.